The lowest BCUT2D eigenvalue weighted by Gasteiger charge is -2.08. The number of thioether (sulfide) groups is 1. The second kappa shape index (κ2) is 7.78. The summed E-state index contributed by atoms with van der Waals surface area (Å²) in [7, 11) is 0. The molecule has 1 atom stereocenters. The van der Waals surface area contributed by atoms with Crippen molar-refractivity contribution in [3.8, 4) is 6.07 Å². The number of nitrogens with one attached hydrogen (secondary N) is 1. The highest BCUT2D eigenvalue weighted by Gasteiger charge is 2.14. The van der Waals surface area contributed by atoms with Crippen molar-refractivity contribution in [1.29, 1.82) is 5.26 Å². The number of nitriles is 1. The molecule has 0 heterocycles. The van der Waals surface area contributed by atoms with Crippen LogP contribution in [0.15, 0.2) is 29.2 Å². The van der Waals surface area contributed by atoms with E-state index in [1.54, 1.807) is 11.8 Å². The Morgan fingerprint density at radius 2 is 2.06 bits per heavy atom. The van der Waals surface area contributed by atoms with E-state index < -0.39 is 5.92 Å². The molecule has 96 valence electrons. The SMILES string of the molecule is CCSc1ccc(CNC(=O)C(C#N)CC)cc1. The third-order valence-electron chi connectivity index (χ3n) is 2.58. The van der Waals surface area contributed by atoms with Gasteiger partial charge in [-0.3, -0.25) is 4.79 Å². The van der Waals surface area contributed by atoms with E-state index in [4.69, 9.17) is 5.26 Å². The van der Waals surface area contributed by atoms with Crippen molar-refractivity contribution < 1.29 is 4.79 Å². The Morgan fingerprint density at radius 3 is 2.56 bits per heavy atom. The predicted octanol–water partition coefficient (Wildman–Crippen LogP) is 2.96. The Balaban J connectivity index is 2.49. The molecule has 0 aliphatic carbocycles. The first-order valence-corrected chi connectivity index (χ1v) is 7.08. The molecule has 0 spiro atoms. The van der Waals surface area contributed by atoms with E-state index in [1.807, 2.05) is 25.1 Å². The molecule has 1 amide bonds. The van der Waals surface area contributed by atoms with Gasteiger partial charge in [-0.1, -0.05) is 26.0 Å². The summed E-state index contributed by atoms with van der Waals surface area (Å²) in [4.78, 5) is 12.8. The average Bonchev–Trinajstić information content (AvgIpc) is 2.40. The third kappa shape index (κ3) is 4.42. The number of nitrogens with zero attached hydrogens (tertiary/aromatic N) is 1. The summed E-state index contributed by atoms with van der Waals surface area (Å²) < 4.78 is 0. The molecule has 0 aromatic heterocycles. The van der Waals surface area contributed by atoms with Crippen LogP contribution in [-0.4, -0.2) is 11.7 Å². The Labute approximate surface area is 113 Å². The molecule has 1 unspecified atom stereocenters. The molecule has 3 nitrogen and oxygen atoms in total. The molecule has 1 aromatic carbocycles. The number of hydrogen-bond acceptors (Lipinski definition) is 3. The Morgan fingerprint density at radius 1 is 1.39 bits per heavy atom. The van der Waals surface area contributed by atoms with Gasteiger partial charge in [-0.25, -0.2) is 0 Å². The van der Waals surface area contributed by atoms with Crippen molar-refractivity contribution in [3.05, 3.63) is 29.8 Å². The second-order valence-electron chi connectivity index (χ2n) is 3.88. The van der Waals surface area contributed by atoms with E-state index in [2.05, 4.69) is 24.4 Å². The summed E-state index contributed by atoms with van der Waals surface area (Å²) in [5.41, 5.74) is 1.05. The van der Waals surface area contributed by atoms with Gasteiger partial charge in [-0.15, -0.1) is 11.8 Å². The maximum atomic E-state index is 11.6. The average molecular weight is 262 g/mol. The van der Waals surface area contributed by atoms with E-state index in [9.17, 15) is 4.79 Å². The number of benzene rings is 1. The standard InChI is InChI=1S/C14H18N2OS/c1-3-12(9-15)14(17)16-10-11-5-7-13(8-6-11)18-4-2/h5-8,12H,3-4,10H2,1-2H3,(H,16,17). The summed E-state index contributed by atoms with van der Waals surface area (Å²) in [6, 6.07) is 10.1. The fourth-order valence-corrected chi connectivity index (χ4v) is 2.18. The lowest BCUT2D eigenvalue weighted by atomic mass is 10.1. The maximum Gasteiger partial charge on any atom is 0.237 e. The topological polar surface area (TPSA) is 52.9 Å². The monoisotopic (exact) mass is 262 g/mol. The van der Waals surface area contributed by atoms with E-state index in [1.165, 1.54) is 4.90 Å². The molecule has 0 fully saturated rings. The van der Waals surface area contributed by atoms with Crippen molar-refractivity contribution in [1.82, 2.24) is 5.32 Å². The number of amides is 1. The summed E-state index contributed by atoms with van der Waals surface area (Å²) in [6.45, 7) is 4.43. The fourth-order valence-electron chi connectivity index (χ4n) is 1.52. The first-order chi connectivity index (χ1) is 8.71. The second-order valence-corrected chi connectivity index (χ2v) is 5.22. The van der Waals surface area contributed by atoms with Gasteiger partial charge in [0.15, 0.2) is 0 Å². The molecule has 0 aliphatic rings. The van der Waals surface area contributed by atoms with Crippen molar-refractivity contribution in [2.24, 2.45) is 5.92 Å². The first-order valence-electron chi connectivity index (χ1n) is 6.10. The molecule has 0 radical (unpaired) electrons. The molecule has 0 aliphatic heterocycles. The smallest absolute Gasteiger partial charge is 0.237 e. The number of carbonyl (C=O) groups excluding carboxylic acids is 1. The van der Waals surface area contributed by atoms with Gasteiger partial charge in [0.1, 0.15) is 5.92 Å². The zero-order valence-corrected chi connectivity index (χ0v) is 11.6. The van der Waals surface area contributed by atoms with E-state index in [0.717, 1.165) is 11.3 Å². The van der Waals surface area contributed by atoms with Crippen LogP contribution in [-0.2, 0) is 11.3 Å². The molecule has 18 heavy (non-hydrogen) atoms. The van der Waals surface area contributed by atoms with Gasteiger partial charge >= 0.3 is 0 Å². The van der Waals surface area contributed by atoms with Crippen LogP contribution in [0.1, 0.15) is 25.8 Å². The third-order valence-corrected chi connectivity index (χ3v) is 3.48. The van der Waals surface area contributed by atoms with Gasteiger partial charge in [0.2, 0.25) is 5.91 Å². The van der Waals surface area contributed by atoms with Gasteiger partial charge in [-0.2, -0.15) is 5.26 Å². The van der Waals surface area contributed by atoms with Crippen molar-refractivity contribution in [2.75, 3.05) is 5.75 Å². The summed E-state index contributed by atoms with van der Waals surface area (Å²) in [5, 5.41) is 11.6. The van der Waals surface area contributed by atoms with E-state index >= 15 is 0 Å². The molecule has 0 saturated carbocycles. The van der Waals surface area contributed by atoms with Crippen LogP contribution in [0.4, 0.5) is 0 Å². The molecule has 0 bridgehead atoms. The molecular formula is C14H18N2OS. The molecule has 0 saturated heterocycles. The van der Waals surface area contributed by atoms with Crippen LogP contribution in [0.5, 0.6) is 0 Å². The first kappa shape index (κ1) is 14.6. The largest absolute Gasteiger partial charge is 0.351 e. The molecule has 1 N–H and O–H groups in total. The Kier molecular flexibility index (Phi) is 6.31. The van der Waals surface area contributed by atoms with Gasteiger partial charge < -0.3 is 5.32 Å². The Bertz CT molecular complexity index is 422. The minimum absolute atomic E-state index is 0.188. The normalized spacial score (nSPS) is 11.6. The highest BCUT2D eigenvalue weighted by atomic mass is 32.2. The fraction of sp³-hybridized carbons (Fsp3) is 0.429. The van der Waals surface area contributed by atoms with Crippen LogP contribution < -0.4 is 5.32 Å². The van der Waals surface area contributed by atoms with Gasteiger partial charge in [0.05, 0.1) is 6.07 Å². The van der Waals surface area contributed by atoms with Crippen molar-refractivity contribution >= 4 is 17.7 Å². The maximum absolute atomic E-state index is 11.6. The number of carbonyl (C=O) groups is 1. The molecular weight excluding hydrogens is 244 g/mol. The van der Waals surface area contributed by atoms with Crippen molar-refractivity contribution in [2.45, 2.75) is 31.7 Å². The van der Waals surface area contributed by atoms with Crippen LogP contribution in [0.2, 0.25) is 0 Å². The van der Waals surface area contributed by atoms with Crippen LogP contribution in [0, 0.1) is 17.2 Å². The van der Waals surface area contributed by atoms with Crippen LogP contribution in [0.25, 0.3) is 0 Å². The Hall–Kier alpha value is -1.47. The predicted molar refractivity (Wildman–Crippen MR) is 74.1 cm³/mol. The minimum Gasteiger partial charge on any atom is -0.351 e. The van der Waals surface area contributed by atoms with E-state index in [-0.39, 0.29) is 5.91 Å². The lowest BCUT2D eigenvalue weighted by molar-refractivity contribution is -0.123. The summed E-state index contributed by atoms with van der Waals surface area (Å²) in [5.74, 6) is 0.322. The zero-order chi connectivity index (χ0) is 13.4. The highest BCUT2D eigenvalue weighted by Crippen LogP contribution is 2.17. The molecule has 4 heteroatoms. The minimum atomic E-state index is -0.542. The number of hydrogen-bond donors (Lipinski definition) is 1. The van der Waals surface area contributed by atoms with Gasteiger partial charge in [-0.05, 0) is 29.9 Å². The number of rotatable bonds is 6. The molecule has 1 rings (SSSR count). The highest BCUT2D eigenvalue weighted by molar-refractivity contribution is 7.99. The van der Waals surface area contributed by atoms with Gasteiger partial charge in [0, 0.05) is 11.4 Å². The summed E-state index contributed by atoms with van der Waals surface area (Å²) >= 11 is 1.79. The van der Waals surface area contributed by atoms with Crippen LogP contribution >= 0.6 is 11.8 Å². The molecule has 1 aromatic rings. The lowest BCUT2D eigenvalue weighted by Crippen LogP contribution is -2.29. The van der Waals surface area contributed by atoms with Crippen LogP contribution in [0.3, 0.4) is 0 Å². The van der Waals surface area contributed by atoms with Gasteiger partial charge in [0.25, 0.3) is 0 Å². The van der Waals surface area contributed by atoms with E-state index in [0.29, 0.717) is 13.0 Å². The zero-order valence-electron chi connectivity index (χ0n) is 10.8. The summed E-state index contributed by atoms with van der Waals surface area (Å²) in [6.07, 6.45) is 0.550. The van der Waals surface area contributed by atoms with Crippen molar-refractivity contribution in [3.63, 3.8) is 0 Å². The quantitative estimate of drug-likeness (QED) is 0.802.